The van der Waals surface area contributed by atoms with Gasteiger partial charge in [0, 0.05) is 47.4 Å². The first-order valence-corrected chi connectivity index (χ1v) is 29.3. The molecule has 2 aliphatic carbocycles. The van der Waals surface area contributed by atoms with Crippen LogP contribution in [0.15, 0.2) is 95.8 Å². The predicted octanol–water partition coefficient (Wildman–Crippen LogP) is 3.32. The van der Waals surface area contributed by atoms with Crippen LogP contribution in [-0.4, -0.2) is 118 Å². The smallest absolute Gasteiger partial charge is 0.407 e. The molecule has 5 atom stereocenters. The number of amides is 7. The van der Waals surface area contributed by atoms with Gasteiger partial charge in [0.05, 0.1) is 55.1 Å². The van der Waals surface area contributed by atoms with Crippen molar-refractivity contribution in [3.63, 3.8) is 0 Å². The second-order valence-electron chi connectivity index (χ2n) is 23.7. The Morgan fingerprint density at radius 2 is 1.39 bits per heavy atom. The fourth-order valence-corrected chi connectivity index (χ4v) is 12.3. The molecule has 10 rings (SSSR count). The van der Waals surface area contributed by atoms with Crippen LogP contribution in [0.5, 0.6) is 0 Å². The Kier molecular flexibility index (Phi) is 17.8. The van der Waals surface area contributed by atoms with Crippen molar-refractivity contribution in [1.82, 2.24) is 41.5 Å². The van der Waals surface area contributed by atoms with Crippen LogP contribution in [0, 0.1) is 18.7 Å². The molecule has 4 heterocycles. The predicted molar refractivity (Wildman–Crippen MR) is 319 cm³/mol. The summed E-state index contributed by atoms with van der Waals surface area (Å²) < 4.78 is 33.6. The van der Waals surface area contributed by atoms with Crippen LogP contribution in [0.4, 0.5) is 9.18 Å². The van der Waals surface area contributed by atoms with E-state index in [1.807, 2.05) is 48.5 Å². The van der Waals surface area contributed by atoms with E-state index in [4.69, 9.17) is 24.9 Å². The van der Waals surface area contributed by atoms with Crippen LogP contribution in [0.3, 0.4) is 0 Å². The number of halogens is 1. The van der Waals surface area contributed by atoms with E-state index >= 15 is 4.39 Å². The highest BCUT2D eigenvalue weighted by molar-refractivity contribution is 5.96. The summed E-state index contributed by atoms with van der Waals surface area (Å²) >= 11 is 0. The van der Waals surface area contributed by atoms with Gasteiger partial charge < -0.3 is 61.5 Å². The van der Waals surface area contributed by atoms with Crippen LogP contribution in [0.25, 0.3) is 33.4 Å². The number of carbonyl (C=O) groups is 9. The minimum Gasteiger partial charge on any atom is -0.460 e. The first-order valence-electron chi connectivity index (χ1n) is 29.3. The standard InChI is InChI=1S/C65H68FN9O14/c1-6-65(86)45-23-51-58-42(30-75(51)61(83)44(45)32-87-62(65)84)41-22-35(21-40-33(2)46(66)24-48(73-58)57(40)41)47(25-52(67)76)71-55(79)29-70-59(81)49(20-34-14-8-7-9-15-34)72-54(78)28-68-53(77)27-69-60(82)50(26-56(80)89-64(3,4)5)74-63(85)88-31-43-38-18-12-10-16-36(38)37-17-11-13-19-39(37)43/h7-19,23-24,35,43,47,49-50,86H,6,20-22,25-32H2,1-5H3,(H2,67,76)(H,68,77)(H,69,82)(H,70,81)(H,71,79)(H,72,78)(H,74,85)/t35?,47?,49-,50-,65-/m0/s1. The number of benzene rings is 4. The lowest BCUT2D eigenvalue weighted by Crippen LogP contribution is -2.54. The van der Waals surface area contributed by atoms with Crippen molar-refractivity contribution in [3.05, 3.63) is 157 Å². The van der Waals surface area contributed by atoms with Crippen molar-refractivity contribution >= 4 is 64.4 Å². The molecule has 2 aromatic heterocycles. The number of pyridine rings is 2. The molecule has 0 radical (unpaired) electrons. The summed E-state index contributed by atoms with van der Waals surface area (Å²) in [7, 11) is 0. The third-order valence-corrected chi connectivity index (χ3v) is 16.7. The number of aliphatic hydroxyl groups is 1. The Balaban J connectivity index is 0.768. The first-order chi connectivity index (χ1) is 42.4. The molecule has 2 unspecified atom stereocenters. The lowest BCUT2D eigenvalue weighted by molar-refractivity contribution is -0.172. The van der Waals surface area contributed by atoms with Gasteiger partial charge in [-0.15, -0.1) is 0 Å². The zero-order valence-electron chi connectivity index (χ0n) is 49.6. The van der Waals surface area contributed by atoms with E-state index in [-0.39, 0.29) is 68.9 Å². The fourth-order valence-electron chi connectivity index (χ4n) is 12.3. The number of ether oxygens (including phenoxy) is 3. The number of hydrogen-bond donors (Lipinski definition) is 8. The van der Waals surface area contributed by atoms with Gasteiger partial charge in [-0.1, -0.05) is 85.8 Å². The molecule has 0 saturated heterocycles. The molecule has 24 heteroatoms. The molecule has 4 aliphatic rings. The Labute approximate surface area is 510 Å². The molecule has 0 bridgehead atoms. The molecule has 6 aromatic rings. The topological polar surface area (TPSA) is 335 Å². The van der Waals surface area contributed by atoms with E-state index in [2.05, 4.69) is 31.9 Å². The summed E-state index contributed by atoms with van der Waals surface area (Å²) in [5.41, 5.74) is 10.2. The van der Waals surface area contributed by atoms with Gasteiger partial charge >= 0.3 is 18.0 Å². The number of hydrogen-bond acceptors (Lipinski definition) is 15. The molecule has 23 nitrogen and oxygen atoms in total. The van der Waals surface area contributed by atoms with Gasteiger partial charge in [-0.25, -0.2) is 19.0 Å². The van der Waals surface area contributed by atoms with E-state index in [0.29, 0.717) is 50.1 Å². The molecular weight excluding hydrogens is 1150 g/mol. The first kappa shape index (κ1) is 62.2. The largest absolute Gasteiger partial charge is 0.460 e. The van der Waals surface area contributed by atoms with Gasteiger partial charge in [0.25, 0.3) is 5.56 Å². The molecule has 0 fully saturated rings. The molecular formula is C65H68FN9O14. The molecule has 9 N–H and O–H groups in total. The SMILES string of the molecule is CC[C@@]1(O)C(=O)OCc2c1cc1n(c2=O)Cc2c-1nc1cc(F)c(C)c3c1c2CC(C(CC(N)=O)NC(=O)CNC(=O)[C@H](Cc1ccccc1)NC(=O)CNC(=O)CNC(=O)[C@H](CC(=O)OC(C)(C)C)NC(=O)OCC1c2ccccc2-c2ccccc21)C3. The number of nitrogens with two attached hydrogens (primary N) is 1. The molecule has 0 spiro atoms. The van der Waals surface area contributed by atoms with Crippen molar-refractivity contribution in [1.29, 1.82) is 0 Å². The highest BCUT2D eigenvalue weighted by Crippen LogP contribution is 2.46. The van der Waals surface area contributed by atoms with Gasteiger partial charge in [-0.05, 0) is 103 Å². The highest BCUT2D eigenvalue weighted by atomic mass is 19.1. The minimum absolute atomic E-state index is 0.0341. The van der Waals surface area contributed by atoms with Gasteiger partial charge in [0.15, 0.2) is 5.60 Å². The lowest BCUT2D eigenvalue weighted by atomic mass is 9.75. The van der Waals surface area contributed by atoms with Gasteiger partial charge in [-0.2, -0.15) is 0 Å². The lowest BCUT2D eigenvalue weighted by Gasteiger charge is -2.33. The summed E-state index contributed by atoms with van der Waals surface area (Å²) in [5.74, 6) is -8.07. The number of alkyl carbamates (subject to hydrolysis) is 1. The molecule has 89 heavy (non-hydrogen) atoms. The second kappa shape index (κ2) is 25.5. The monoisotopic (exact) mass is 1220 g/mol. The van der Waals surface area contributed by atoms with Crippen molar-refractivity contribution in [2.75, 3.05) is 26.2 Å². The number of rotatable bonds is 21. The number of primary amides is 1. The molecule has 0 saturated carbocycles. The summed E-state index contributed by atoms with van der Waals surface area (Å²) in [6, 6.07) is 23.1. The fraction of sp³-hybridized carbons (Fsp3) is 0.369. The van der Waals surface area contributed by atoms with Gasteiger partial charge in [0.2, 0.25) is 35.4 Å². The van der Waals surface area contributed by atoms with Crippen LogP contribution in [-0.2, 0) is 90.6 Å². The number of cyclic esters (lactones) is 1. The molecule has 464 valence electrons. The van der Waals surface area contributed by atoms with Crippen molar-refractivity contribution in [2.45, 2.75) is 122 Å². The summed E-state index contributed by atoms with van der Waals surface area (Å²) in [4.78, 5) is 139. The number of fused-ring (bicyclic) bond motifs is 8. The van der Waals surface area contributed by atoms with Gasteiger partial charge in [0.1, 0.15) is 36.7 Å². The van der Waals surface area contributed by atoms with Crippen LogP contribution in [0.1, 0.15) is 103 Å². The van der Waals surface area contributed by atoms with E-state index in [0.717, 1.165) is 22.3 Å². The third kappa shape index (κ3) is 13.2. The van der Waals surface area contributed by atoms with E-state index < -0.39 is 126 Å². The van der Waals surface area contributed by atoms with Crippen LogP contribution < -0.4 is 43.2 Å². The Bertz CT molecular complexity index is 3910. The zero-order chi connectivity index (χ0) is 63.6. The van der Waals surface area contributed by atoms with Crippen molar-refractivity contribution in [2.24, 2.45) is 11.7 Å². The maximum atomic E-state index is 15.9. The Morgan fingerprint density at radius 1 is 0.775 bits per heavy atom. The van der Waals surface area contributed by atoms with E-state index in [9.17, 15) is 53.1 Å². The Morgan fingerprint density at radius 3 is 2.06 bits per heavy atom. The van der Waals surface area contributed by atoms with Crippen LogP contribution in [0.2, 0.25) is 0 Å². The maximum absolute atomic E-state index is 15.9. The molecule has 7 amide bonds. The normalized spacial score (nSPS) is 17.0. The third-order valence-electron chi connectivity index (χ3n) is 16.7. The van der Waals surface area contributed by atoms with Crippen molar-refractivity contribution < 1.29 is 66.9 Å². The summed E-state index contributed by atoms with van der Waals surface area (Å²) in [6.45, 7) is 5.68. The number of carbonyl (C=O) groups excluding carboxylic acids is 9. The maximum Gasteiger partial charge on any atom is 0.407 e. The average molecular weight is 1220 g/mol. The van der Waals surface area contributed by atoms with E-state index in [1.54, 1.807) is 71.0 Å². The van der Waals surface area contributed by atoms with Crippen molar-refractivity contribution in [3.8, 4) is 22.5 Å². The highest BCUT2D eigenvalue weighted by Gasteiger charge is 2.46. The minimum atomic E-state index is -2.09. The zero-order valence-corrected chi connectivity index (χ0v) is 49.6. The number of nitrogens with zero attached hydrogens (tertiary/aromatic N) is 2. The van der Waals surface area contributed by atoms with Gasteiger partial charge in [-0.3, -0.25) is 38.4 Å². The molecule has 4 aromatic carbocycles. The van der Waals surface area contributed by atoms with E-state index in [1.165, 1.54) is 10.6 Å². The summed E-state index contributed by atoms with van der Waals surface area (Å²) in [6.07, 6.45) is -1.73. The Hall–Kier alpha value is -9.84. The average Bonchev–Trinajstić information content (AvgIpc) is 1.66. The van der Waals surface area contributed by atoms with Crippen LogP contribution >= 0.6 is 0 Å². The second-order valence-corrected chi connectivity index (χ2v) is 23.7. The number of esters is 2. The number of nitrogens with one attached hydrogen (secondary N) is 6. The number of aromatic nitrogens is 2. The molecule has 2 aliphatic heterocycles. The quantitative estimate of drug-likeness (QED) is 0.0378. The summed E-state index contributed by atoms with van der Waals surface area (Å²) in [5, 5.41) is 27.3.